The molecular weight excluding hydrogens is 343 g/mol. The van der Waals surface area contributed by atoms with Crippen molar-refractivity contribution in [3.05, 3.63) is 17.2 Å². The van der Waals surface area contributed by atoms with Gasteiger partial charge in [0.1, 0.15) is 16.9 Å². The molecule has 6 nitrogen and oxygen atoms in total. The van der Waals surface area contributed by atoms with Gasteiger partial charge in [-0.2, -0.15) is 0 Å². The number of rotatable bonds is 2. The van der Waals surface area contributed by atoms with Crippen molar-refractivity contribution in [1.82, 2.24) is 15.0 Å². The third kappa shape index (κ3) is 3.35. The molecule has 0 unspecified atom stereocenters. The Balaban J connectivity index is 2.17. The second-order valence-electron chi connectivity index (χ2n) is 5.63. The molecule has 2 aromatic rings. The topological polar surface area (TPSA) is 71.4 Å². The lowest BCUT2D eigenvalue weighted by molar-refractivity contribution is -0.0123. The van der Waals surface area contributed by atoms with Crippen LogP contribution in [0, 0.1) is 5.82 Å². The van der Waals surface area contributed by atoms with E-state index in [1.54, 1.807) is 6.92 Å². The van der Waals surface area contributed by atoms with Gasteiger partial charge in [-0.25, -0.2) is 19.3 Å². The third-order valence-electron chi connectivity index (χ3n) is 3.53. The summed E-state index contributed by atoms with van der Waals surface area (Å²) in [6.07, 6.45) is 3.27. The Bertz CT molecular complexity index is 746. The summed E-state index contributed by atoms with van der Waals surface area (Å²) in [5, 5.41) is 11.0. The van der Waals surface area contributed by atoms with E-state index in [4.69, 9.17) is 16.3 Å². The summed E-state index contributed by atoms with van der Waals surface area (Å²) in [5.41, 5.74) is -0.893. The number of aliphatic hydroxyl groups is 1. The number of thioether (sulfide) groups is 1. The van der Waals surface area contributed by atoms with Crippen LogP contribution in [0.15, 0.2) is 11.4 Å². The van der Waals surface area contributed by atoms with Crippen molar-refractivity contribution in [1.29, 1.82) is 0 Å². The largest absolute Gasteiger partial charge is 0.386 e. The molecule has 3 rings (SSSR count). The highest BCUT2D eigenvalue weighted by Gasteiger charge is 2.30. The lowest BCUT2D eigenvalue weighted by Gasteiger charge is -2.29. The maximum absolute atomic E-state index is 14.3. The fraction of sp³-hybridized carbons (Fsp3) is 0.500. The SMILES string of the molecule is CSc1nc(N2CCOC[C@@](C)(O)C2)c2cnc(Cl)c(F)c2n1. The van der Waals surface area contributed by atoms with Crippen LogP contribution < -0.4 is 4.90 Å². The van der Waals surface area contributed by atoms with E-state index in [0.29, 0.717) is 36.1 Å². The van der Waals surface area contributed by atoms with Crippen LogP contribution >= 0.6 is 23.4 Å². The van der Waals surface area contributed by atoms with Crippen molar-refractivity contribution in [3.8, 4) is 0 Å². The van der Waals surface area contributed by atoms with E-state index in [-0.39, 0.29) is 17.3 Å². The lowest BCUT2D eigenvalue weighted by Crippen LogP contribution is -2.42. The Kier molecular flexibility index (Phi) is 4.59. The van der Waals surface area contributed by atoms with E-state index in [1.165, 1.54) is 18.0 Å². The quantitative estimate of drug-likeness (QED) is 0.501. The minimum Gasteiger partial charge on any atom is -0.386 e. The standard InChI is InChI=1S/C14H16ClFN4O2S/c1-14(21)6-20(3-4-22-7-14)12-8-5-17-11(15)9(16)10(8)18-13(19-12)23-2/h5,21H,3-4,6-7H2,1-2H3/t14-/m0/s1. The van der Waals surface area contributed by atoms with Crippen LogP contribution in [0.25, 0.3) is 10.9 Å². The van der Waals surface area contributed by atoms with E-state index >= 15 is 0 Å². The highest BCUT2D eigenvalue weighted by Crippen LogP contribution is 2.31. The van der Waals surface area contributed by atoms with E-state index < -0.39 is 11.4 Å². The number of anilines is 1. The molecule has 2 aromatic heterocycles. The van der Waals surface area contributed by atoms with Crippen molar-refractivity contribution in [3.63, 3.8) is 0 Å². The van der Waals surface area contributed by atoms with Crippen LogP contribution in [0.1, 0.15) is 6.92 Å². The van der Waals surface area contributed by atoms with Gasteiger partial charge in [0.2, 0.25) is 0 Å². The molecule has 0 spiro atoms. The average molecular weight is 359 g/mol. The Hall–Kier alpha value is -1.22. The number of hydrogen-bond acceptors (Lipinski definition) is 7. The van der Waals surface area contributed by atoms with Gasteiger partial charge in [0, 0.05) is 12.7 Å². The van der Waals surface area contributed by atoms with Gasteiger partial charge in [-0.1, -0.05) is 23.4 Å². The molecule has 3 heterocycles. The Morgan fingerprint density at radius 2 is 2.26 bits per heavy atom. The molecule has 0 radical (unpaired) electrons. The van der Waals surface area contributed by atoms with Crippen LogP contribution in [-0.2, 0) is 4.74 Å². The van der Waals surface area contributed by atoms with Gasteiger partial charge in [-0.3, -0.25) is 0 Å². The summed E-state index contributed by atoms with van der Waals surface area (Å²) in [4.78, 5) is 14.4. The number of β-amino-alcohol motifs (C(OH)–C–C–N with tert-alkyl or cyclic N) is 1. The second-order valence-corrected chi connectivity index (χ2v) is 6.76. The Morgan fingerprint density at radius 1 is 1.48 bits per heavy atom. The van der Waals surface area contributed by atoms with Crippen LogP contribution in [0.3, 0.4) is 0 Å². The first-order valence-corrected chi connectivity index (χ1v) is 8.62. The number of ether oxygens (including phenoxy) is 1. The van der Waals surface area contributed by atoms with E-state index in [9.17, 15) is 9.50 Å². The van der Waals surface area contributed by atoms with Gasteiger partial charge in [-0.15, -0.1) is 0 Å². The number of aromatic nitrogens is 3. The second kappa shape index (κ2) is 6.35. The zero-order valence-electron chi connectivity index (χ0n) is 12.7. The van der Waals surface area contributed by atoms with Crippen molar-refractivity contribution in [2.75, 3.05) is 37.5 Å². The summed E-state index contributed by atoms with van der Waals surface area (Å²) in [7, 11) is 0. The first-order chi connectivity index (χ1) is 10.9. The van der Waals surface area contributed by atoms with Gasteiger partial charge in [0.05, 0.1) is 25.1 Å². The van der Waals surface area contributed by atoms with Crippen molar-refractivity contribution >= 4 is 40.1 Å². The van der Waals surface area contributed by atoms with Crippen LogP contribution in [-0.4, -0.2) is 58.2 Å². The fourth-order valence-electron chi connectivity index (χ4n) is 2.52. The Labute approximate surface area is 142 Å². The molecule has 0 bridgehead atoms. The summed E-state index contributed by atoms with van der Waals surface area (Å²) in [5.74, 6) is -0.144. The molecule has 1 fully saturated rings. The normalized spacial score (nSPS) is 22.4. The van der Waals surface area contributed by atoms with E-state index in [2.05, 4.69) is 15.0 Å². The maximum Gasteiger partial charge on any atom is 0.189 e. The van der Waals surface area contributed by atoms with Gasteiger partial charge < -0.3 is 14.7 Å². The monoisotopic (exact) mass is 358 g/mol. The van der Waals surface area contributed by atoms with Gasteiger partial charge in [-0.05, 0) is 13.2 Å². The molecule has 124 valence electrons. The van der Waals surface area contributed by atoms with Crippen LogP contribution in [0.5, 0.6) is 0 Å². The van der Waals surface area contributed by atoms with Crippen LogP contribution in [0.2, 0.25) is 5.15 Å². The van der Waals surface area contributed by atoms with Crippen molar-refractivity contribution in [2.24, 2.45) is 0 Å². The predicted octanol–water partition coefficient (Wildman–Crippen LogP) is 2.13. The number of halogens is 2. The van der Waals surface area contributed by atoms with E-state index in [0.717, 1.165) is 0 Å². The zero-order chi connectivity index (χ0) is 16.6. The molecule has 0 saturated carbocycles. The molecule has 0 aliphatic carbocycles. The van der Waals surface area contributed by atoms with Gasteiger partial charge in [0.15, 0.2) is 16.1 Å². The molecule has 0 aromatic carbocycles. The zero-order valence-corrected chi connectivity index (χ0v) is 14.3. The average Bonchev–Trinajstić information content (AvgIpc) is 2.70. The fourth-order valence-corrected chi connectivity index (χ4v) is 3.01. The first kappa shape index (κ1) is 16.6. The summed E-state index contributed by atoms with van der Waals surface area (Å²) >= 11 is 7.07. The lowest BCUT2D eigenvalue weighted by atomic mass is 10.1. The smallest absolute Gasteiger partial charge is 0.189 e. The van der Waals surface area contributed by atoms with Gasteiger partial charge >= 0.3 is 0 Å². The molecule has 1 aliphatic heterocycles. The summed E-state index contributed by atoms with van der Waals surface area (Å²) in [6.45, 7) is 3.22. The number of fused-ring (bicyclic) bond motifs is 1. The first-order valence-electron chi connectivity index (χ1n) is 7.02. The molecule has 1 aliphatic rings. The Morgan fingerprint density at radius 3 is 3.00 bits per heavy atom. The maximum atomic E-state index is 14.3. The molecule has 1 atom stereocenters. The molecule has 1 saturated heterocycles. The van der Waals surface area contributed by atoms with E-state index in [1.807, 2.05) is 11.2 Å². The number of pyridine rings is 1. The molecule has 9 heteroatoms. The summed E-state index contributed by atoms with van der Waals surface area (Å²) in [6, 6.07) is 0. The molecule has 1 N–H and O–H groups in total. The number of nitrogens with zero attached hydrogens (tertiary/aromatic N) is 4. The minimum absolute atomic E-state index is 0.129. The molecule has 0 amide bonds. The molecular formula is C14H16ClFN4O2S. The predicted molar refractivity (Wildman–Crippen MR) is 87.7 cm³/mol. The minimum atomic E-state index is -1.02. The summed E-state index contributed by atoms with van der Waals surface area (Å²) < 4.78 is 19.7. The van der Waals surface area contributed by atoms with Crippen molar-refractivity contribution in [2.45, 2.75) is 17.7 Å². The molecule has 23 heavy (non-hydrogen) atoms. The van der Waals surface area contributed by atoms with Gasteiger partial charge in [0.25, 0.3) is 0 Å². The van der Waals surface area contributed by atoms with Crippen molar-refractivity contribution < 1.29 is 14.2 Å². The third-order valence-corrected chi connectivity index (χ3v) is 4.34. The highest BCUT2D eigenvalue weighted by atomic mass is 35.5. The number of hydrogen-bond donors (Lipinski definition) is 1. The van der Waals surface area contributed by atoms with Crippen LogP contribution in [0.4, 0.5) is 10.2 Å². The highest BCUT2D eigenvalue weighted by molar-refractivity contribution is 7.98.